The highest BCUT2D eigenvalue weighted by Gasteiger charge is 2.05. The number of aromatic hydroxyl groups is 1. The summed E-state index contributed by atoms with van der Waals surface area (Å²) in [5.74, 6) is 0.319. The molecule has 1 nitrogen and oxygen atoms in total. The largest absolute Gasteiger partial charge is 0.507 e. The summed E-state index contributed by atoms with van der Waals surface area (Å²) < 4.78 is 0. The Labute approximate surface area is 81.6 Å². The van der Waals surface area contributed by atoms with Gasteiger partial charge in [-0.2, -0.15) is 0 Å². The Bertz CT molecular complexity index is 463. The van der Waals surface area contributed by atoms with E-state index in [9.17, 15) is 5.11 Å². The molecule has 0 aliphatic rings. The Hall–Kier alpha value is -1.21. The van der Waals surface area contributed by atoms with Crippen LogP contribution in [0.5, 0.6) is 5.75 Å². The molecule has 2 heteroatoms. The molecule has 66 valence electrons. The first-order chi connectivity index (χ1) is 6.20. The normalized spacial score (nSPS) is 10.6. The van der Waals surface area contributed by atoms with E-state index in [-0.39, 0.29) is 0 Å². The summed E-state index contributed by atoms with van der Waals surface area (Å²) in [6.45, 7) is 1.84. The molecule has 0 heterocycles. The molecule has 0 bridgehead atoms. The van der Waals surface area contributed by atoms with Gasteiger partial charge in [0.2, 0.25) is 0 Å². The van der Waals surface area contributed by atoms with Crippen molar-refractivity contribution < 1.29 is 5.11 Å². The fourth-order valence-electron chi connectivity index (χ4n) is 1.45. The third-order valence-electron chi connectivity index (χ3n) is 2.16. The topological polar surface area (TPSA) is 20.2 Å². The number of hydrogen-bond donors (Lipinski definition) is 1. The highest BCUT2D eigenvalue weighted by Crippen LogP contribution is 2.33. The molecule has 13 heavy (non-hydrogen) atoms. The molecule has 0 aliphatic heterocycles. The summed E-state index contributed by atoms with van der Waals surface area (Å²) in [6, 6.07) is 9.33. The zero-order valence-electron chi connectivity index (χ0n) is 7.21. The molecule has 0 amide bonds. The zero-order chi connectivity index (χ0) is 9.42. The average Bonchev–Trinajstić information content (AvgIpc) is 2.15. The highest BCUT2D eigenvalue weighted by molar-refractivity contribution is 6.35. The lowest BCUT2D eigenvalue weighted by Gasteiger charge is -2.05. The van der Waals surface area contributed by atoms with Crippen LogP contribution in [0.25, 0.3) is 10.8 Å². The molecule has 0 aromatic heterocycles. The van der Waals surface area contributed by atoms with Gasteiger partial charge in [-0.1, -0.05) is 35.9 Å². The molecule has 0 fully saturated rings. The van der Waals surface area contributed by atoms with Gasteiger partial charge in [0.1, 0.15) is 5.75 Å². The molecule has 2 aromatic carbocycles. The summed E-state index contributed by atoms with van der Waals surface area (Å²) in [5.41, 5.74) is 0.809. The molecule has 0 radical (unpaired) electrons. The Balaban J connectivity index is 2.97. The van der Waals surface area contributed by atoms with E-state index < -0.39 is 0 Å². The predicted octanol–water partition coefficient (Wildman–Crippen LogP) is 3.51. The lowest BCUT2D eigenvalue weighted by Crippen LogP contribution is -1.79. The van der Waals surface area contributed by atoms with Crippen LogP contribution in [0.15, 0.2) is 30.3 Å². The number of phenols is 1. The number of aryl methyl sites for hydroxylation is 1. The zero-order valence-corrected chi connectivity index (χ0v) is 7.97. The predicted molar refractivity (Wildman–Crippen MR) is 55.4 cm³/mol. The second-order valence-electron chi connectivity index (χ2n) is 3.07. The molecule has 0 spiro atoms. The number of hydrogen-bond acceptors (Lipinski definition) is 1. The van der Waals surface area contributed by atoms with E-state index >= 15 is 0 Å². The minimum absolute atomic E-state index is 0.319. The average molecular weight is 193 g/mol. The minimum atomic E-state index is 0.319. The number of rotatable bonds is 0. The van der Waals surface area contributed by atoms with Gasteiger partial charge in [-0.3, -0.25) is 0 Å². The fourth-order valence-corrected chi connectivity index (χ4v) is 1.77. The SMILES string of the molecule is Cc1cc(Cl)c2ccccc2c1O. The van der Waals surface area contributed by atoms with Gasteiger partial charge in [-0.15, -0.1) is 0 Å². The van der Waals surface area contributed by atoms with Crippen LogP contribution in [-0.4, -0.2) is 5.11 Å². The van der Waals surface area contributed by atoms with Gasteiger partial charge in [0.05, 0.1) is 0 Å². The van der Waals surface area contributed by atoms with E-state index in [2.05, 4.69) is 0 Å². The van der Waals surface area contributed by atoms with E-state index in [1.807, 2.05) is 31.2 Å². The third kappa shape index (κ3) is 1.25. The van der Waals surface area contributed by atoms with Crippen LogP contribution in [0.2, 0.25) is 5.02 Å². The third-order valence-corrected chi connectivity index (χ3v) is 2.47. The maximum absolute atomic E-state index is 9.72. The van der Waals surface area contributed by atoms with Crippen molar-refractivity contribution in [3.8, 4) is 5.75 Å². The summed E-state index contributed by atoms with van der Waals surface area (Å²) >= 11 is 6.02. The van der Waals surface area contributed by atoms with Crippen LogP contribution in [0.4, 0.5) is 0 Å². The quantitative estimate of drug-likeness (QED) is 0.677. The Morgan fingerprint density at radius 2 is 1.77 bits per heavy atom. The van der Waals surface area contributed by atoms with Gasteiger partial charge in [-0.25, -0.2) is 0 Å². The Kier molecular flexibility index (Phi) is 1.89. The Morgan fingerprint density at radius 3 is 2.46 bits per heavy atom. The minimum Gasteiger partial charge on any atom is -0.507 e. The number of phenolic OH excluding ortho intramolecular Hbond substituents is 1. The van der Waals surface area contributed by atoms with Gasteiger partial charge in [0.25, 0.3) is 0 Å². The molecular weight excluding hydrogens is 184 g/mol. The van der Waals surface area contributed by atoms with Crippen LogP contribution >= 0.6 is 11.6 Å². The first-order valence-electron chi connectivity index (χ1n) is 4.07. The van der Waals surface area contributed by atoms with E-state index in [1.165, 1.54) is 0 Å². The second-order valence-corrected chi connectivity index (χ2v) is 3.48. The van der Waals surface area contributed by atoms with E-state index in [0.29, 0.717) is 10.8 Å². The number of fused-ring (bicyclic) bond motifs is 1. The Morgan fingerprint density at radius 1 is 1.15 bits per heavy atom. The second kappa shape index (κ2) is 2.93. The van der Waals surface area contributed by atoms with Gasteiger partial charge < -0.3 is 5.11 Å². The maximum atomic E-state index is 9.72. The van der Waals surface area contributed by atoms with Crippen molar-refractivity contribution in [2.75, 3.05) is 0 Å². The monoisotopic (exact) mass is 192 g/mol. The molecule has 0 aliphatic carbocycles. The van der Waals surface area contributed by atoms with Crippen LogP contribution in [0, 0.1) is 6.92 Å². The van der Waals surface area contributed by atoms with Crippen molar-refractivity contribution >= 4 is 22.4 Å². The lowest BCUT2D eigenvalue weighted by atomic mass is 10.1. The van der Waals surface area contributed by atoms with Crippen LogP contribution < -0.4 is 0 Å². The molecule has 1 N–H and O–H groups in total. The summed E-state index contributed by atoms with van der Waals surface area (Å²) in [7, 11) is 0. The van der Waals surface area contributed by atoms with Crippen molar-refractivity contribution in [1.29, 1.82) is 0 Å². The van der Waals surface area contributed by atoms with Crippen molar-refractivity contribution in [3.63, 3.8) is 0 Å². The van der Waals surface area contributed by atoms with Crippen LogP contribution in [0.1, 0.15) is 5.56 Å². The fraction of sp³-hybridized carbons (Fsp3) is 0.0909. The van der Waals surface area contributed by atoms with Gasteiger partial charge >= 0.3 is 0 Å². The molecule has 2 aromatic rings. The first kappa shape index (κ1) is 8.39. The molecular formula is C11H9ClO. The number of benzene rings is 2. The van der Waals surface area contributed by atoms with Crippen molar-refractivity contribution in [1.82, 2.24) is 0 Å². The lowest BCUT2D eigenvalue weighted by molar-refractivity contribution is 0.477. The molecule has 0 saturated carbocycles. The van der Waals surface area contributed by atoms with E-state index in [4.69, 9.17) is 11.6 Å². The van der Waals surface area contributed by atoms with Crippen LogP contribution in [0.3, 0.4) is 0 Å². The van der Waals surface area contributed by atoms with Crippen LogP contribution in [-0.2, 0) is 0 Å². The summed E-state index contributed by atoms with van der Waals surface area (Å²) in [6.07, 6.45) is 0. The van der Waals surface area contributed by atoms with E-state index in [1.54, 1.807) is 6.07 Å². The van der Waals surface area contributed by atoms with Gasteiger partial charge in [-0.05, 0) is 18.6 Å². The number of halogens is 1. The van der Waals surface area contributed by atoms with Gasteiger partial charge in [0, 0.05) is 15.8 Å². The van der Waals surface area contributed by atoms with Gasteiger partial charge in [0.15, 0.2) is 0 Å². The molecule has 2 rings (SSSR count). The standard InChI is InChI=1S/C11H9ClO/c1-7-6-10(12)8-4-2-3-5-9(8)11(7)13/h2-6,13H,1H3. The smallest absolute Gasteiger partial charge is 0.126 e. The van der Waals surface area contributed by atoms with Crippen molar-refractivity contribution in [2.45, 2.75) is 6.92 Å². The maximum Gasteiger partial charge on any atom is 0.126 e. The highest BCUT2D eigenvalue weighted by atomic mass is 35.5. The van der Waals surface area contributed by atoms with Crippen molar-refractivity contribution in [2.24, 2.45) is 0 Å². The molecule has 0 saturated heterocycles. The molecule has 0 unspecified atom stereocenters. The van der Waals surface area contributed by atoms with Crippen molar-refractivity contribution in [3.05, 3.63) is 40.9 Å². The summed E-state index contributed by atoms with van der Waals surface area (Å²) in [4.78, 5) is 0. The first-order valence-corrected chi connectivity index (χ1v) is 4.45. The molecule has 0 atom stereocenters. The van der Waals surface area contributed by atoms with E-state index in [0.717, 1.165) is 16.3 Å². The summed E-state index contributed by atoms with van der Waals surface area (Å²) in [5, 5.41) is 12.1.